The predicted octanol–water partition coefficient (Wildman–Crippen LogP) is 2.37. The van der Waals surface area contributed by atoms with Gasteiger partial charge in [0, 0.05) is 13.0 Å². The third-order valence-corrected chi connectivity index (χ3v) is 11.7. The molecule has 35 heavy (non-hydrogen) atoms. The van der Waals surface area contributed by atoms with Crippen molar-refractivity contribution in [3.63, 3.8) is 0 Å². The first-order valence-electron chi connectivity index (χ1n) is 13.5. The summed E-state index contributed by atoms with van der Waals surface area (Å²) in [5.74, 6) is 0.705. The third-order valence-electron chi connectivity index (χ3n) is 11.0. The van der Waals surface area contributed by atoms with Crippen molar-refractivity contribution < 1.29 is 33.1 Å². The topological polar surface area (TPSA) is 144 Å². The minimum Gasteiger partial charge on any atom is -0.393 e. The lowest BCUT2D eigenvalue weighted by molar-refractivity contribution is -0.207. The second kappa shape index (κ2) is 9.86. The summed E-state index contributed by atoms with van der Waals surface area (Å²) in [7, 11) is -4.10. The van der Waals surface area contributed by atoms with Crippen molar-refractivity contribution in [2.45, 2.75) is 96.9 Å². The number of aliphatic hydroxyl groups is 3. The maximum atomic E-state index is 12.2. The molecule has 0 aromatic heterocycles. The van der Waals surface area contributed by atoms with Crippen LogP contribution in [0.25, 0.3) is 0 Å². The lowest BCUT2D eigenvalue weighted by Crippen LogP contribution is -2.62. The average molecular weight is 516 g/mol. The van der Waals surface area contributed by atoms with E-state index in [1.807, 2.05) is 0 Å². The fourth-order valence-corrected chi connectivity index (χ4v) is 9.46. The summed E-state index contributed by atoms with van der Waals surface area (Å²) in [5.41, 5.74) is -0.254. The number of rotatable bonds is 7. The second-order valence-electron chi connectivity index (χ2n) is 12.7. The molecule has 0 bridgehead atoms. The second-order valence-corrected chi connectivity index (χ2v) is 14.2. The number of aliphatic hydroxyl groups excluding tert-OH is 3. The Kier molecular flexibility index (Phi) is 7.69. The highest BCUT2D eigenvalue weighted by Gasteiger charge is 2.65. The van der Waals surface area contributed by atoms with Gasteiger partial charge in [-0.05, 0) is 97.7 Å². The van der Waals surface area contributed by atoms with Crippen LogP contribution >= 0.6 is 0 Å². The molecule has 0 spiro atoms. The zero-order valence-corrected chi connectivity index (χ0v) is 22.2. The van der Waals surface area contributed by atoms with E-state index < -0.39 is 28.1 Å². The Labute approximate surface area is 210 Å². The van der Waals surface area contributed by atoms with Crippen molar-refractivity contribution in [1.29, 1.82) is 0 Å². The van der Waals surface area contributed by atoms with Gasteiger partial charge in [-0.2, -0.15) is 8.42 Å². The Bertz CT molecular complexity index is 896. The molecule has 0 radical (unpaired) electrons. The molecule has 202 valence electrons. The normalized spacial score (nSPS) is 46.3. The molecule has 4 rings (SSSR count). The highest BCUT2D eigenvalue weighted by Crippen LogP contribution is 2.68. The maximum absolute atomic E-state index is 12.2. The number of amides is 1. The maximum Gasteiger partial charge on any atom is 0.266 e. The first-order chi connectivity index (χ1) is 16.3. The van der Waals surface area contributed by atoms with Crippen LogP contribution in [0.15, 0.2) is 0 Å². The zero-order chi connectivity index (χ0) is 25.8. The van der Waals surface area contributed by atoms with Gasteiger partial charge in [-0.3, -0.25) is 9.35 Å². The number of carbonyl (C=O) groups excluding carboxylic acids is 1. The Balaban J connectivity index is 1.43. The van der Waals surface area contributed by atoms with Crippen LogP contribution in [0.4, 0.5) is 0 Å². The largest absolute Gasteiger partial charge is 0.393 e. The summed E-state index contributed by atoms with van der Waals surface area (Å²) >= 11 is 0. The van der Waals surface area contributed by atoms with E-state index >= 15 is 0 Å². The average Bonchev–Trinajstić information content (AvgIpc) is 3.12. The Morgan fingerprint density at radius 2 is 1.77 bits per heavy atom. The number of fused-ring (bicyclic) bond motifs is 5. The van der Waals surface area contributed by atoms with Gasteiger partial charge in [0.1, 0.15) is 0 Å². The molecule has 4 fully saturated rings. The van der Waals surface area contributed by atoms with E-state index in [-0.39, 0.29) is 65.4 Å². The van der Waals surface area contributed by atoms with Crippen molar-refractivity contribution in [2.24, 2.45) is 46.3 Å². The highest BCUT2D eigenvalue weighted by atomic mass is 32.2. The Morgan fingerprint density at radius 1 is 1.06 bits per heavy atom. The molecule has 0 saturated heterocycles. The molecule has 4 saturated carbocycles. The van der Waals surface area contributed by atoms with E-state index in [0.717, 1.165) is 38.5 Å². The minimum atomic E-state index is -4.10. The minimum absolute atomic E-state index is 0.0509. The standard InChI is InChI=1S/C26H45NO7S/c1-15(4-7-23(31)27-10-11-35(32,33)34)18-5-6-19-24-20(14-22(30)26(18,19)3)25(2)9-8-17(28)12-16(25)13-21(24)29/h15-22,24,28-30H,4-14H2,1-3H3,(H,27,31)(H,32,33,34)/t15?,16?,17-,18-,19+,20+,21-,22+,24?,25+,26-/m1/s1. The van der Waals surface area contributed by atoms with Crippen LogP contribution in [0.1, 0.15) is 78.6 Å². The third kappa shape index (κ3) is 5.05. The van der Waals surface area contributed by atoms with Crippen LogP contribution < -0.4 is 5.32 Å². The number of carbonyl (C=O) groups is 1. The van der Waals surface area contributed by atoms with Crippen LogP contribution in [0.3, 0.4) is 0 Å². The van der Waals surface area contributed by atoms with Crippen LogP contribution in [0, 0.1) is 46.3 Å². The van der Waals surface area contributed by atoms with Crippen LogP contribution in [0.5, 0.6) is 0 Å². The first-order valence-corrected chi connectivity index (χ1v) is 15.1. The summed E-state index contributed by atoms with van der Waals surface area (Å²) in [6, 6.07) is 0. The van der Waals surface area contributed by atoms with Gasteiger partial charge in [0.05, 0.1) is 24.1 Å². The van der Waals surface area contributed by atoms with E-state index in [1.165, 1.54) is 0 Å². The molecule has 1 amide bonds. The van der Waals surface area contributed by atoms with Gasteiger partial charge in [-0.15, -0.1) is 0 Å². The van der Waals surface area contributed by atoms with Crippen LogP contribution in [-0.2, 0) is 14.9 Å². The fraction of sp³-hybridized carbons (Fsp3) is 0.962. The molecule has 0 aromatic rings. The summed E-state index contributed by atoms with van der Waals surface area (Å²) < 4.78 is 30.5. The van der Waals surface area contributed by atoms with E-state index in [9.17, 15) is 28.5 Å². The van der Waals surface area contributed by atoms with Gasteiger partial charge >= 0.3 is 0 Å². The van der Waals surface area contributed by atoms with Crippen molar-refractivity contribution >= 4 is 16.0 Å². The smallest absolute Gasteiger partial charge is 0.266 e. The molecule has 11 atom stereocenters. The van der Waals surface area contributed by atoms with Crippen LogP contribution in [0.2, 0.25) is 0 Å². The molecule has 4 aliphatic carbocycles. The quantitative estimate of drug-likeness (QED) is 0.327. The molecular formula is C26H45NO7S. The molecule has 9 heteroatoms. The van der Waals surface area contributed by atoms with Crippen molar-refractivity contribution in [1.82, 2.24) is 5.32 Å². The summed E-state index contributed by atoms with van der Waals surface area (Å²) in [6.45, 7) is 6.56. The van der Waals surface area contributed by atoms with Gasteiger partial charge < -0.3 is 20.6 Å². The van der Waals surface area contributed by atoms with Crippen molar-refractivity contribution in [2.75, 3.05) is 12.3 Å². The lowest BCUT2D eigenvalue weighted by Gasteiger charge is -2.63. The van der Waals surface area contributed by atoms with Crippen LogP contribution in [-0.4, -0.2) is 64.8 Å². The summed E-state index contributed by atoms with van der Waals surface area (Å²) in [6.07, 6.45) is 5.67. The lowest BCUT2D eigenvalue weighted by atomic mass is 9.43. The molecule has 0 aromatic carbocycles. The molecule has 0 aliphatic heterocycles. The summed E-state index contributed by atoms with van der Waals surface area (Å²) in [5, 5.41) is 35.8. The zero-order valence-electron chi connectivity index (χ0n) is 21.4. The van der Waals surface area contributed by atoms with E-state index in [4.69, 9.17) is 4.55 Å². The molecule has 0 heterocycles. The van der Waals surface area contributed by atoms with E-state index in [0.29, 0.717) is 18.8 Å². The SMILES string of the molecule is CC(CCC(=O)NCCS(=O)(=O)O)[C@H]1CC[C@H]2C3[C@H](O)CC4C[C@H](O)CC[C@]4(C)[C@H]3C[C@H](O)[C@]12C. The molecule has 5 N–H and O–H groups in total. The van der Waals surface area contributed by atoms with E-state index in [1.54, 1.807) is 0 Å². The number of hydrogen-bond acceptors (Lipinski definition) is 6. The van der Waals surface area contributed by atoms with Gasteiger partial charge in [0.15, 0.2) is 0 Å². The molecule has 4 aliphatic rings. The van der Waals surface area contributed by atoms with E-state index in [2.05, 4.69) is 26.1 Å². The van der Waals surface area contributed by atoms with Crippen molar-refractivity contribution in [3.8, 4) is 0 Å². The fourth-order valence-electron chi connectivity index (χ4n) is 9.10. The van der Waals surface area contributed by atoms with Gasteiger partial charge in [-0.25, -0.2) is 0 Å². The number of nitrogens with one attached hydrogen (secondary N) is 1. The van der Waals surface area contributed by atoms with Crippen molar-refractivity contribution in [3.05, 3.63) is 0 Å². The Hall–Kier alpha value is -0.740. The molecule has 8 nitrogen and oxygen atoms in total. The molecular weight excluding hydrogens is 470 g/mol. The Morgan fingerprint density at radius 3 is 2.46 bits per heavy atom. The highest BCUT2D eigenvalue weighted by molar-refractivity contribution is 7.85. The molecule has 3 unspecified atom stereocenters. The summed E-state index contributed by atoms with van der Waals surface area (Å²) in [4.78, 5) is 12.2. The van der Waals surface area contributed by atoms with Gasteiger partial charge in [-0.1, -0.05) is 20.8 Å². The predicted molar refractivity (Wildman–Crippen MR) is 132 cm³/mol. The monoisotopic (exact) mass is 515 g/mol. The first kappa shape index (κ1) is 27.3. The van der Waals surface area contributed by atoms with Gasteiger partial charge in [0.2, 0.25) is 5.91 Å². The number of hydrogen-bond donors (Lipinski definition) is 5. The van der Waals surface area contributed by atoms with Gasteiger partial charge in [0.25, 0.3) is 10.1 Å².